The van der Waals surface area contributed by atoms with Crippen LogP contribution in [0.25, 0.3) is 0 Å². The van der Waals surface area contributed by atoms with E-state index < -0.39 is 0 Å². The molecule has 0 amide bonds. The van der Waals surface area contributed by atoms with E-state index in [2.05, 4.69) is 48.3 Å². The zero-order valence-electron chi connectivity index (χ0n) is 13.0. The first-order valence-electron chi connectivity index (χ1n) is 7.48. The van der Waals surface area contributed by atoms with Gasteiger partial charge in [-0.05, 0) is 62.2 Å². The average Bonchev–Trinajstić information content (AvgIpc) is 2.49. The predicted molar refractivity (Wildman–Crippen MR) is 88.5 cm³/mol. The van der Waals surface area contributed by atoms with Crippen molar-refractivity contribution in [3.63, 3.8) is 0 Å². The van der Waals surface area contributed by atoms with Crippen LogP contribution in [0.4, 0.5) is 15.8 Å². The Morgan fingerprint density at radius 3 is 2.24 bits per heavy atom. The highest BCUT2D eigenvalue weighted by molar-refractivity contribution is 5.52. The topological polar surface area (TPSA) is 15.3 Å². The SMILES string of the molecule is CCN(CC)c1ccc(CNc2ccc(F)cc2C)cc1. The molecule has 1 N–H and O–H groups in total. The van der Waals surface area contributed by atoms with E-state index in [1.54, 1.807) is 12.1 Å². The first kappa shape index (κ1) is 15.4. The second-order valence-corrected chi connectivity index (χ2v) is 5.15. The predicted octanol–water partition coefficient (Wildman–Crippen LogP) is 4.59. The van der Waals surface area contributed by atoms with Gasteiger partial charge in [0.25, 0.3) is 0 Å². The van der Waals surface area contributed by atoms with Gasteiger partial charge in [-0.2, -0.15) is 0 Å². The van der Waals surface area contributed by atoms with Crippen LogP contribution >= 0.6 is 0 Å². The summed E-state index contributed by atoms with van der Waals surface area (Å²) >= 11 is 0. The Labute approximate surface area is 126 Å². The van der Waals surface area contributed by atoms with Crippen LogP contribution in [0.5, 0.6) is 0 Å². The first-order chi connectivity index (χ1) is 10.1. The van der Waals surface area contributed by atoms with Gasteiger partial charge in [0.2, 0.25) is 0 Å². The largest absolute Gasteiger partial charge is 0.381 e. The van der Waals surface area contributed by atoms with Crippen LogP contribution in [-0.2, 0) is 6.54 Å². The number of hydrogen-bond donors (Lipinski definition) is 1. The molecule has 2 aromatic carbocycles. The van der Waals surface area contributed by atoms with Crippen molar-refractivity contribution in [2.75, 3.05) is 23.3 Å². The average molecular weight is 286 g/mol. The van der Waals surface area contributed by atoms with E-state index >= 15 is 0 Å². The fourth-order valence-corrected chi connectivity index (χ4v) is 2.44. The summed E-state index contributed by atoms with van der Waals surface area (Å²) in [7, 11) is 0. The molecule has 0 aliphatic rings. The molecule has 2 aromatic rings. The van der Waals surface area contributed by atoms with Crippen LogP contribution in [-0.4, -0.2) is 13.1 Å². The number of benzene rings is 2. The third-order valence-electron chi connectivity index (χ3n) is 3.74. The molecule has 3 heteroatoms. The standard InChI is InChI=1S/C18H23FN2/c1-4-21(5-2)17-9-6-15(7-10-17)13-20-18-11-8-16(19)12-14(18)3/h6-12,20H,4-5,13H2,1-3H3. The van der Waals surface area contributed by atoms with Crippen molar-refractivity contribution in [1.29, 1.82) is 0 Å². The molecule has 2 rings (SSSR count). The fraction of sp³-hybridized carbons (Fsp3) is 0.333. The maximum absolute atomic E-state index is 13.1. The molecule has 0 aliphatic heterocycles. The Hall–Kier alpha value is -2.03. The Morgan fingerprint density at radius 1 is 1.00 bits per heavy atom. The van der Waals surface area contributed by atoms with Gasteiger partial charge in [0.1, 0.15) is 5.82 Å². The number of anilines is 2. The molecule has 0 radical (unpaired) electrons. The van der Waals surface area contributed by atoms with Crippen molar-refractivity contribution in [1.82, 2.24) is 0 Å². The molecule has 0 unspecified atom stereocenters. The maximum Gasteiger partial charge on any atom is 0.123 e. The highest BCUT2D eigenvalue weighted by Gasteiger charge is 2.03. The van der Waals surface area contributed by atoms with Gasteiger partial charge >= 0.3 is 0 Å². The minimum Gasteiger partial charge on any atom is -0.381 e. The molecule has 0 aromatic heterocycles. The summed E-state index contributed by atoms with van der Waals surface area (Å²) in [6.45, 7) is 9.01. The number of hydrogen-bond acceptors (Lipinski definition) is 2. The number of nitrogens with one attached hydrogen (secondary N) is 1. The van der Waals surface area contributed by atoms with Gasteiger partial charge in [-0.15, -0.1) is 0 Å². The van der Waals surface area contributed by atoms with Crippen LogP contribution < -0.4 is 10.2 Å². The van der Waals surface area contributed by atoms with Crippen molar-refractivity contribution in [3.05, 3.63) is 59.4 Å². The molecule has 21 heavy (non-hydrogen) atoms. The lowest BCUT2D eigenvalue weighted by atomic mass is 10.1. The molecule has 0 saturated carbocycles. The lowest BCUT2D eigenvalue weighted by Crippen LogP contribution is -2.21. The zero-order valence-corrected chi connectivity index (χ0v) is 13.0. The summed E-state index contributed by atoms with van der Waals surface area (Å²) in [5.74, 6) is -0.193. The Morgan fingerprint density at radius 2 is 1.67 bits per heavy atom. The second-order valence-electron chi connectivity index (χ2n) is 5.15. The smallest absolute Gasteiger partial charge is 0.123 e. The molecule has 0 heterocycles. The summed E-state index contributed by atoms with van der Waals surface area (Å²) in [6, 6.07) is 13.4. The van der Waals surface area contributed by atoms with E-state index in [9.17, 15) is 4.39 Å². The van der Waals surface area contributed by atoms with Crippen molar-refractivity contribution >= 4 is 11.4 Å². The molecule has 0 saturated heterocycles. The molecule has 0 fully saturated rings. The van der Waals surface area contributed by atoms with Gasteiger partial charge < -0.3 is 10.2 Å². The molecule has 2 nitrogen and oxygen atoms in total. The van der Waals surface area contributed by atoms with Crippen molar-refractivity contribution < 1.29 is 4.39 Å². The van der Waals surface area contributed by atoms with E-state index in [1.807, 2.05) is 6.92 Å². The first-order valence-corrected chi connectivity index (χ1v) is 7.48. The monoisotopic (exact) mass is 286 g/mol. The minimum atomic E-state index is -0.193. The highest BCUT2D eigenvalue weighted by Crippen LogP contribution is 2.18. The van der Waals surface area contributed by atoms with Gasteiger partial charge in [0.05, 0.1) is 0 Å². The summed E-state index contributed by atoms with van der Waals surface area (Å²) in [6.07, 6.45) is 0. The van der Waals surface area contributed by atoms with Crippen LogP contribution in [0.1, 0.15) is 25.0 Å². The van der Waals surface area contributed by atoms with Gasteiger partial charge in [0.15, 0.2) is 0 Å². The van der Waals surface area contributed by atoms with Crippen LogP contribution in [0.2, 0.25) is 0 Å². The lowest BCUT2D eigenvalue weighted by Gasteiger charge is -2.21. The van der Waals surface area contributed by atoms with Gasteiger partial charge in [-0.25, -0.2) is 4.39 Å². The number of nitrogens with zero attached hydrogens (tertiary/aromatic N) is 1. The number of halogens is 1. The van der Waals surface area contributed by atoms with E-state index in [1.165, 1.54) is 17.3 Å². The highest BCUT2D eigenvalue weighted by atomic mass is 19.1. The van der Waals surface area contributed by atoms with Gasteiger partial charge in [-0.1, -0.05) is 12.1 Å². The molecule has 0 aliphatic carbocycles. The second kappa shape index (κ2) is 7.11. The van der Waals surface area contributed by atoms with Gasteiger partial charge in [0, 0.05) is 31.0 Å². The van der Waals surface area contributed by atoms with E-state index in [0.29, 0.717) is 0 Å². The number of aryl methyl sites for hydroxylation is 1. The molecule has 0 spiro atoms. The number of rotatable bonds is 6. The zero-order chi connectivity index (χ0) is 15.2. The van der Waals surface area contributed by atoms with Crippen molar-refractivity contribution in [3.8, 4) is 0 Å². The summed E-state index contributed by atoms with van der Waals surface area (Å²) in [5, 5.41) is 3.35. The van der Waals surface area contributed by atoms with Gasteiger partial charge in [-0.3, -0.25) is 0 Å². The van der Waals surface area contributed by atoms with Crippen LogP contribution in [0.15, 0.2) is 42.5 Å². The van der Waals surface area contributed by atoms with Crippen LogP contribution in [0.3, 0.4) is 0 Å². The molecular weight excluding hydrogens is 263 g/mol. The van der Waals surface area contributed by atoms with Crippen molar-refractivity contribution in [2.24, 2.45) is 0 Å². The molecule has 0 atom stereocenters. The Balaban J connectivity index is 2.00. The molecule has 112 valence electrons. The van der Waals surface area contributed by atoms with E-state index in [0.717, 1.165) is 30.9 Å². The summed E-state index contributed by atoms with van der Waals surface area (Å²) in [4.78, 5) is 2.32. The fourth-order valence-electron chi connectivity index (χ4n) is 2.44. The summed E-state index contributed by atoms with van der Waals surface area (Å²) < 4.78 is 13.1. The quantitative estimate of drug-likeness (QED) is 0.835. The Bertz CT molecular complexity index is 574. The molecular formula is C18H23FN2. The third kappa shape index (κ3) is 3.97. The van der Waals surface area contributed by atoms with Crippen molar-refractivity contribution in [2.45, 2.75) is 27.3 Å². The van der Waals surface area contributed by atoms with E-state index in [-0.39, 0.29) is 5.82 Å². The van der Waals surface area contributed by atoms with Crippen LogP contribution in [0, 0.1) is 12.7 Å². The minimum absolute atomic E-state index is 0.193. The summed E-state index contributed by atoms with van der Waals surface area (Å²) in [5.41, 5.74) is 4.37. The lowest BCUT2D eigenvalue weighted by molar-refractivity contribution is 0.627. The normalized spacial score (nSPS) is 10.5. The van der Waals surface area contributed by atoms with E-state index in [4.69, 9.17) is 0 Å². The maximum atomic E-state index is 13.1. The molecule has 0 bridgehead atoms. The Kier molecular flexibility index (Phi) is 5.20. The third-order valence-corrected chi connectivity index (χ3v) is 3.74.